The molecule has 0 saturated carbocycles. The molecule has 11 nitrogen and oxygen atoms in total. The highest BCUT2D eigenvalue weighted by Gasteiger charge is 2.22. The zero-order valence-electron chi connectivity index (χ0n) is 30.2. The van der Waals surface area contributed by atoms with Crippen LogP contribution in [0.3, 0.4) is 0 Å². The summed E-state index contributed by atoms with van der Waals surface area (Å²) in [5, 5.41) is 5.10. The number of nitrogens with one attached hydrogen (secondary N) is 3. The van der Waals surface area contributed by atoms with Crippen LogP contribution < -0.4 is 20.9 Å². The Hall–Kier alpha value is -5.53. The molecule has 0 radical (unpaired) electrons. The molecule has 0 aliphatic carbocycles. The fourth-order valence-electron chi connectivity index (χ4n) is 4.38. The third-order valence-electron chi connectivity index (χ3n) is 6.63. The van der Waals surface area contributed by atoms with Gasteiger partial charge in [0.1, 0.15) is 41.5 Å². The number of nitrogens with zero attached hydrogens (tertiary/aromatic N) is 2. The number of likely N-dealkylation sites (N-methyl/N-ethyl adjacent to an activating group) is 1. The van der Waals surface area contributed by atoms with Crippen molar-refractivity contribution in [2.45, 2.75) is 32.0 Å². The number of carbonyl (C=O) groups excluding carboxylic acids is 3. The predicted octanol–water partition coefficient (Wildman–Crippen LogP) is 4.46. The van der Waals surface area contributed by atoms with E-state index >= 15 is 0 Å². The monoisotopic (exact) mass is 645 g/mol. The van der Waals surface area contributed by atoms with Crippen LogP contribution in [0, 0.1) is 17.5 Å². The van der Waals surface area contributed by atoms with E-state index in [4.69, 9.17) is 13.0 Å². The lowest BCUT2D eigenvalue weighted by atomic mass is 10.1. The van der Waals surface area contributed by atoms with Crippen LogP contribution in [0.4, 0.5) is 23.7 Å². The number of hydrogen-bond acceptors (Lipinski definition) is 6. The van der Waals surface area contributed by atoms with Crippen LogP contribution in [0.15, 0.2) is 71.7 Å². The molecular weight excluding hydrogens is 607 g/mol. The number of ether oxygens (including phenoxy) is 2. The summed E-state index contributed by atoms with van der Waals surface area (Å²) in [5.41, 5.74) is -0.0476. The molecule has 4 aromatic rings. The maximum Gasteiger partial charge on any atom is 0.407 e. The van der Waals surface area contributed by atoms with Crippen molar-refractivity contribution in [1.29, 1.82) is 0 Å². The van der Waals surface area contributed by atoms with E-state index in [1.807, 2.05) is 0 Å². The number of hydrogen-bond donors (Lipinski definition) is 3. The number of amides is 3. The molecule has 2 aromatic carbocycles. The average Bonchev–Trinajstić information content (AvgIpc) is 3.44. The van der Waals surface area contributed by atoms with Gasteiger partial charge in [-0.05, 0) is 55.3 Å². The van der Waals surface area contributed by atoms with Gasteiger partial charge in [0.2, 0.25) is 11.8 Å². The number of aromatic nitrogens is 2. The van der Waals surface area contributed by atoms with Crippen molar-refractivity contribution >= 4 is 34.5 Å². The number of fused-ring (bicyclic) bond motifs is 1. The van der Waals surface area contributed by atoms with Gasteiger partial charge < -0.3 is 34.6 Å². The fourth-order valence-corrected chi connectivity index (χ4v) is 4.38. The Morgan fingerprint density at radius 3 is 2.65 bits per heavy atom. The Morgan fingerprint density at radius 1 is 1.11 bits per heavy atom. The summed E-state index contributed by atoms with van der Waals surface area (Å²) in [6.07, 6.45) is 1.98. The van der Waals surface area contributed by atoms with Gasteiger partial charge in [0.05, 0.1) is 19.2 Å². The van der Waals surface area contributed by atoms with E-state index in [1.165, 1.54) is 35.0 Å². The zero-order valence-corrected chi connectivity index (χ0v) is 24.2. The molecule has 14 heteroatoms. The van der Waals surface area contributed by atoms with Gasteiger partial charge in [-0.1, -0.05) is 6.08 Å². The first-order chi connectivity index (χ1) is 24.4. The van der Waals surface area contributed by atoms with E-state index in [-0.39, 0.29) is 47.9 Å². The first-order valence-corrected chi connectivity index (χ1v) is 13.6. The molecule has 3 N–H and O–H groups in total. The number of alkyl carbamates (subject to hydrolysis) is 1. The molecule has 0 unspecified atom stereocenters. The fraction of sp³-hybridized carbons (Fsp3) is 0.250. The summed E-state index contributed by atoms with van der Waals surface area (Å²) in [6, 6.07) is 8.28. The molecule has 0 spiro atoms. The van der Waals surface area contributed by atoms with Gasteiger partial charge in [0, 0.05) is 57.1 Å². The molecule has 0 saturated heterocycles. The van der Waals surface area contributed by atoms with Crippen LogP contribution >= 0.6 is 0 Å². The predicted molar refractivity (Wildman–Crippen MR) is 164 cm³/mol. The van der Waals surface area contributed by atoms with E-state index in [0.29, 0.717) is 22.7 Å². The van der Waals surface area contributed by atoms with Crippen LogP contribution in [0.1, 0.15) is 32.3 Å². The summed E-state index contributed by atoms with van der Waals surface area (Å²) in [4.78, 5) is 53.6. The Labute approximate surface area is 270 Å². The van der Waals surface area contributed by atoms with Crippen LogP contribution in [-0.2, 0) is 27.5 Å². The van der Waals surface area contributed by atoms with Gasteiger partial charge in [-0.15, -0.1) is 0 Å². The second kappa shape index (κ2) is 15.0. The van der Waals surface area contributed by atoms with E-state index < -0.39 is 60.9 Å². The molecule has 0 fully saturated rings. The molecule has 2 aromatic heterocycles. The topological polar surface area (TPSA) is 135 Å². The third-order valence-corrected chi connectivity index (χ3v) is 6.63. The second-order valence-corrected chi connectivity index (χ2v) is 9.87. The van der Waals surface area contributed by atoms with Gasteiger partial charge >= 0.3 is 6.09 Å². The lowest BCUT2D eigenvalue weighted by Crippen LogP contribution is -2.44. The minimum absolute atomic E-state index is 0.0357. The van der Waals surface area contributed by atoms with E-state index in [9.17, 15) is 32.3 Å². The summed E-state index contributed by atoms with van der Waals surface area (Å²) < 4.78 is 97.3. The van der Waals surface area contributed by atoms with Gasteiger partial charge in [-0.3, -0.25) is 14.4 Å². The number of benzene rings is 2. The minimum atomic E-state index is -3.25. The molecule has 1 atom stereocenters. The van der Waals surface area contributed by atoms with Crippen LogP contribution in [0.5, 0.6) is 5.75 Å². The maximum absolute atomic E-state index is 14.4. The molecule has 3 amide bonds. The summed E-state index contributed by atoms with van der Waals surface area (Å²) in [7, 11) is 1.05. The van der Waals surface area contributed by atoms with E-state index in [2.05, 4.69) is 20.4 Å². The smallest absolute Gasteiger partial charge is 0.407 e. The first kappa shape index (κ1) is 25.8. The molecule has 0 bridgehead atoms. The van der Waals surface area contributed by atoms with Crippen molar-refractivity contribution in [3.05, 3.63) is 106 Å². The summed E-state index contributed by atoms with van der Waals surface area (Å²) >= 11 is 0. The molecule has 2 heterocycles. The Morgan fingerprint density at radius 2 is 1.91 bits per heavy atom. The maximum atomic E-state index is 14.4. The highest BCUT2D eigenvalue weighted by Crippen LogP contribution is 2.29. The normalized spacial score (nSPS) is 14.3. The zero-order chi connectivity index (χ0) is 38.4. The molecular formula is C32H32F3N5O6. The summed E-state index contributed by atoms with van der Waals surface area (Å²) in [5.74, 6) is -4.39. The Kier molecular flexibility index (Phi) is 8.38. The number of carbonyl (C=O) groups is 3. The van der Waals surface area contributed by atoms with Gasteiger partial charge in [-0.2, -0.15) is 0 Å². The number of halogens is 3. The molecule has 242 valence electrons. The summed E-state index contributed by atoms with van der Waals surface area (Å²) in [6.45, 7) is -6.91. The van der Waals surface area contributed by atoms with E-state index in [1.54, 1.807) is 6.07 Å². The van der Waals surface area contributed by atoms with Gasteiger partial charge in [0.25, 0.3) is 5.56 Å². The lowest BCUT2D eigenvalue weighted by Gasteiger charge is -2.17. The van der Waals surface area contributed by atoms with E-state index in [0.717, 1.165) is 31.4 Å². The van der Waals surface area contributed by atoms with Gasteiger partial charge in [0.15, 0.2) is 0 Å². The highest BCUT2D eigenvalue weighted by atomic mass is 19.1. The quantitative estimate of drug-likeness (QED) is 0.195. The standard InChI is InChI=1S/C32H32F3N5O6/c1-39(2)28(41)9-5-4-7-25(38-32(44)45-3)30(42)37-26-8-6-12-40(31(26)43)17-23-14-20-13-22(34)16-27(29(20)36-23)46-18-19-10-11-21(33)15-24(19)35/h5-6,8-16,25,36H,4,7,17-18H2,1-3H3,(H,37,42)(H,38,44)/b9-5+/t25-/m0/s1/i1D3,2D3. The second-order valence-electron chi connectivity index (χ2n) is 9.87. The minimum Gasteiger partial charge on any atom is -0.486 e. The van der Waals surface area contributed by atoms with Crippen LogP contribution in [0.2, 0.25) is 0 Å². The number of anilines is 1. The van der Waals surface area contributed by atoms with Crippen molar-refractivity contribution < 1.29 is 45.3 Å². The third kappa shape index (κ3) is 8.55. The molecule has 0 aliphatic heterocycles. The molecule has 0 aliphatic rings. The Balaban J connectivity index is 1.48. The van der Waals surface area contributed by atoms with Crippen molar-refractivity contribution in [2.75, 3.05) is 26.4 Å². The van der Waals surface area contributed by atoms with Crippen molar-refractivity contribution in [3.63, 3.8) is 0 Å². The lowest BCUT2D eigenvalue weighted by molar-refractivity contribution is -0.123. The van der Waals surface area contributed by atoms with Crippen LogP contribution in [0.25, 0.3) is 10.9 Å². The molecule has 4 rings (SSSR count). The Bertz CT molecular complexity index is 2040. The molecule has 46 heavy (non-hydrogen) atoms. The first-order valence-electron chi connectivity index (χ1n) is 16.6. The number of aromatic amines is 1. The van der Waals surface area contributed by atoms with Crippen molar-refractivity contribution in [2.24, 2.45) is 0 Å². The largest absolute Gasteiger partial charge is 0.486 e. The SMILES string of the molecule is [2H]C([2H])([2H])N(C(=O)/C=C/CC[C@H](NC(=O)OC)C(=O)Nc1cccn(Cc2cc3cc(F)cc(OCc4ccc(F)cc4F)c3[nH]2)c1=O)C([2H])([2H])[2H]. The number of methoxy groups -OCH3 is 1. The van der Waals surface area contributed by atoms with Crippen LogP contribution in [-0.4, -0.2) is 59.5 Å². The number of allylic oxidation sites excluding steroid dienone is 1. The van der Waals surface area contributed by atoms with Crippen molar-refractivity contribution in [3.8, 4) is 5.75 Å². The number of rotatable bonds is 12. The average molecular weight is 646 g/mol. The highest BCUT2D eigenvalue weighted by molar-refractivity contribution is 5.96. The van der Waals surface area contributed by atoms with Crippen molar-refractivity contribution in [1.82, 2.24) is 19.8 Å². The number of H-pyrrole nitrogens is 1. The number of pyridine rings is 1. The van der Waals surface area contributed by atoms with Gasteiger partial charge in [-0.25, -0.2) is 18.0 Å².